The number of ether oxygens (including phenoxy) is 1. The number of benzene rings is 1. The molecule has 0 bridgehead atoms. The summed E-state index contributed by atoms with van der Waals surface area (Å²) >= 11 is 0. The van der Waals surface area contributed by atoms with Crippen molar-refractivity contribution in [3.05, 3.63) is 35.4 Å². The number of amides is 1. The molecule has 2 fully saturated rings. The summed E-state index contributed by atoms with van der Waals surface area (Å²) in [5.41, 5.74) is 2.18. The Balaban J connectivity index is 1.39. The second-order valence-electron chi connectivity index (χ2n) is 7.02. The van der Waals surface area contributed by atoms with Crippen molar-refractivity contribution in [1.82, 2.24) is 10.2 Å². The summed E-state index contributed by atoms with van der Waals surface area (Å²) < 4.78 is 5.34. The average molecular weight is 330 g/mol. The normalized spacial score (nSPS) is 20.0. The van der Waals surface area contributed by atoms with Crippen molar-refractivity contribution >= 4 is 5.91 Å². The molecule has 1 heterocycles. The highest BCUT2D eigenvalue weighted by Crippen LogP contribution is 2.32. The molecule has 1 aromatic rings. The molecule has 0 spiro atoms. The Labute approximate surface area is 145 Å². The number of nitrogens with one attached hydrogen (secondary N) is 1. The molecule has 4 heteroatoms. The number of morpholine rings is 1. The van der Waals surface area contributed by atoms with Gasteiger partial charge < -0.3 is 10.1 Å². The third-order valence-electron chi connectivity index (χ3n) is 5.29. The van der Waals surface area contributed by atoms with Crippen molar-refractivity contribution in [2.45, 2.75) is 44.4 Å². The van der Waals surface area contributed by atoms with Crippen molar-refractivity contribution in [3.8, 4) is 0 Å². The molecule has 1 aliphatic carbocycles. The first kappa shape index (κ1) is 17.4. The zero-order valence-electron chi connectivity index (χ0n) is 14.6. The maximum atomic E-state index is 12.2. The molecule has 3 rings (SSSR count). The molecule has 1 amide bonds. The molecule has 0 atom stereocenters. The van der Waals surface area contributed by atoms with Gasteiger partial charge in [-0.25, -0.2) is 0 Å². The minimum absolute atomic E-state index is 0.0483. The van der Waals surface area contributed by atoms with Gasteiger partial charge in [-0.1, -0.05) is 31.4 Å². The van der Waals surface area contributed by atoms with E-state index in [1.54, 1.807) is 0 Å². The number of hydrogen-bond acceptors (Lipinski definition) is 3. The number of carbonyl (C=O) groups excluding carboxylic acids is 1. The van der Waals surface area contributed by atoms with Gasteiger partial charge in [-0.2, -0.15) is 0 Å². The SMILES string of the molecule is O=C(NCCCN1CCOCC1)c1ccc(C2CCCCC2)cc1. The van der Waals surface area contributed by atoms with Crippen molar-refractivity contribution in [2.75, 3.05) is 39.4 Å². The highest BCUT2D eigenvalue weighted by molar-refractivity contribution is 5.94. The van der Waals surface area contributed by atoms with Crippen molar-refractivity contribution in [1.29, 1.82) is 0 Å². The summed E-state index contributed by atoms with van der Waals surface area (Å²) in [5, 5.41) is 3.04. The van der Waals surface area contributed by atoms with Crippen LogP contribution in [0.3, 0.4) is 0 Å². The van der Waals surface area contributed by atoms with Gasteiger partial charge in [0.25, 0.3) is 5.91 Å². The summed E-state index contributed by atoms with van der Waals surface area (Å²) in [7, 11) is 0. The lowest BCUT2D eigenvalue weighted by Crippen LogP contribution is -2.38. The van der Waals surface area contributed by atoms with Gasteiger partial charge in [0.1, 0.15) is 0 Å². The Morgan fingerprint density at radius 2 is 1.79 bits per heavy atom. The van der Waals surface area contributed by atoms with Crippen LogP contribution in [0.4, 0.5) is 0 Å². The lowest BCUT2D eigenvalue weighted by molar-refractivity contribution is 0.0374. The summed E-state index contributed by atoms with van der Waals surface area (Å²) in [4.78, 5) is 14.6. The van der Waals surface area contributed by atoms with Crippen LogP contribution in [0.2, 0.25) is 0 Å². The van der Waals surface area contributed by atoms with Crippen LogP contribution in [0.1, 0.15) is 60.4 Å². The summed E-state index contributed by atoms with van der Waals surface area (Å²) in [6.45, 7) is 5.46. The van der Waals surface area contributed by atoms with E-state index in [2.05, 4.69) is 22.3 Å². The molecule has 1 saturated carbocycles. The largest absolute Gasteiger partial charge is 0.379 e. The summed E-state index contributed by atoms with van der Waals surface area (Å²) in [6.07, 6.45) is 7.65. The molecular weight excluding hydrogens is 300 g/mol. The van der Waals surface area contributed by atoms with E-state index in [1.807, 2.05) is 12.1 Å². The zero-order valence-corrected chi connectivity index (χ0v) is 14.6. The Morgan fingerprint density at radius 1 is 1.08 bits per heavy atom. The molecular formula is C20H30N2O2. The Hall–Kier alpha value is -1.39. The fourth-order valence-corrected chi connectivity index (χ4v) is 3.77. The second-order valence-corrected chi connectivity index (χ2v) is 7.02. The molecule has 132 valence electrons. The Bertz CT molecular complexity index is 503. The second kappa shape index (κ2) is 9.19. The van der Waals surface area contributed by atoms with Crippen molar-refractivity contribution in [2.24, 2.45) is 0 Å². The van der Waals surface area contributed by atoms with E-state index in [1.165, 1.54) is 37.7 Å². The van der Waals surface area contributed by atoms with Gasteiger partial charge in [0.15, 0.2) is 0 Å². The van der Waals surface area contributed by atoms with Gasteiger partial charge in [-0.3, -0.25) is 9.69 Å². The third-order valence-corrected chi connectivity index (χ3v) is 5.29. The lowest BCUT2D eigenvalue weighted by atomic mass is 9.84. The van der Waals surface area contributed by atoms with Gasteiger partial charge in [0, 0.05) is 25.2 Å². The molecule has 1 N–H and O–H groups in total. The van der Waals surface area contributed by atoms with E-state index >= 15 is 0 Å². The van der Waals surface area contributed by atoms with E-state index < -0.39 is 0 Å². The highest BCUT2D eigenvalue weighted by Gasteiger charge is 2.16. The summed E-state index contributed by atoms with van der Waals surface area (Å²) in [5.74, 6) is 0.747. The smallest absolute Gasteiger partial charge is 0.251 e. The van der Waals surface area contributed by atoms with Gasteiger partial charge in [-0.15, -0.1) is 0 Å². The molecule has 0 radical (unpaired) electrons. The molecule has 1 saturated heterocycles. The van der Waals surface area contributed by atoms with Crippen LogP contribution >= 0.6 is 0 Å². The minimum Gasteiger partial charge on any atom is -0.379 e. The maximum Gasteiger partial charge on any atom is 0.251 e. The fraction of sp³-hybridized carbons (Fsp3) is 0.650. The van der Waals surface area contributed by atoms with E-state index in [-0.39, 0.29) is 5.91 Å². The monoisotopic (exact) mass is 330 g/mol. The van der Waals surface area contributed by atoms with Crippen LogP contribution in [-0.4, -0.2) is 50.2 Å². The average Bonchev–Trinajstić information content (AvgIpc) is 2.67. The standard InChI is InChI=1S/C20H30N2O2/c23-20(21-11-4-12-22-13-15-24-16-14-22)19-9-7-18(8-10-19)17-5-2-1-3-6-17/h7-10,17H,1-6,11-16H2,(H,21,23). The van der Waals surface area contributed by atoms with Crippen molar-refractivity contribution in [3.63, 3.8) is 0 Å². The topological polar surface area (TPSA) is 41.6 Å². The zero-order chi connectivity index (χ0) is 16.6. The van der Waals surface area contributed by atoms with E-state index in [4.69, 9.17) is 4.74 Å². The van der Waals surface area contributed by atoms with Gasteiger partial charge in [0.2, 0.25) is 0 Å². The quantitative estimate of drug-likeness (QED) is 0.815. The van der Waals surface area contributed by atoms with E-state index in [0.717, 1.165) is 51.4 Å². The number of hydrogen-bond donors (Lipinski definition) is 1. The molecule has 4 nitrogen and oxygen atoms in total. The molecule has 1 aromatic carbocycles. The van der Waals surface area contributed by atoms with Gasteiger partial charge in [-0.05, 0) is 49.4 Å². The molecule has 0 unspecified atom stereocenters. The van der Waals surface area contributed by atoms with Crippen LogP contribution in [0.5, 0.6) is 0 Å². The predicted molar refractivity (Wildman–Crippen MR) is 96.5 cm³/mol. The first-order valence-electron chi connectivity index (χ1n) is 9.51. The van der Waals surface area contributed by atoms with Crippen LogP contribution in [0.15, 0.2) is 24.3 Å². The summed E-state index contributed by atoms with van der Waals surface area (Å²) in [6, 6.07) is 8.28. The number of carbonyl (C=O) groups is 1. The van der Waals surface area contributed by atoms with Crippen LogP contribution < -0.4 is 5.32 Å². The molecule has 1 aliphatic heterocycles. The first-order valence-corrected chi connectivity index (χ1v) is 9.51. The molecule has 24 heavy (non-hydrogen) atoms. The third kappa shape index (κ3) is 5.05. The number of rotatable bonds is 6. The number of nitrogens with zero attached hydrogens (tertiary/aromatic N) is 1. The highest BCUT2D eigenvalue weighted by atomic mass is 16.5. The maximum absolute atomic E-state index is 12.2. The Kier molecular flexibility index (Phi) is 6.67. The van der Waals surface area contributed by atoms with Crippen LogP contribution in [-0.2, 0) is 4.74 Å². The van der Waals surface area contributed by atoms with Crippen LogP contribution in [0.25, 0.3) is 0 Å². The fourth-order valence-electron chi connectivity index (χ4n) is 3.77. The predicted octanol–water partition coefficient (Wildman–Crippen LogP) is 3.19. The Morgan fingerprint density at radius 3 is 2.50 bits per heavy atom. The molecule has 0 aromatic heterocycles. The lowest BCUT2D eigenvalue weighted by Gasteiger charge is -2.26. The molecule has 2 aliphatic rings. The first-order chi connectivity index (χ1) is 11.8. The van der Waals surface area contributed by atoms with E-state index in [9.17, 15) is 4.79 Å². The minimum atomic E-state index is 0.0483. The van der Waals surface area contributed by atoms with Gasteiger partial charge in [0.05, 0.1) is 13.2 Å². The van der Waals surface area contributed by atoms with Crippen molar-refractivity contribution < 1.29 is 9.53 Å². The van der Waals surface area contributed by atoms with Gasteiger partial charge >= 0.3 is 0 Å². The van der Waals surface area contributed by atoms with Crippen LogP contribution in [0, 0.1) is 0 Å². The van der Waals surface area contributed by atoms with E-state index in [0.29, 0.717) is 5.92 Å².